The molecule has 0 saturated heterocycles. The van der Waals surface area contributed by atoms with Gasteiger partial charge in [0.1, 0.15) is 0 Å². The lowest BCUT2D eigenvalue weighted by molar-refractivity contribution is 0.315. The van der Waals surface area contributed by atoms with Crippen LogP contribution in [0.2, 0.25) is 10.0 Å². The Morgan fingerprint density at radius 3 is 1.82 bits per heavy atom. The van der Waals surface area contributed by atoms with Gasteiger partial charge in [0.2, 0.25) is 7.29 Å². The van der Waals surface area contributed by atoms with Crippen LogP contribution in [-0.4, -0.2) is 10.5 Å². The monoisotopic (exact) mass is 676 g/mol. The summed E-state index contributed by atoms with van der Waals surface area (Å²) >= 11 is 26.3. The van der Waals surface area contributed by atoms with Crippen molar-refractivity contribution in [2.75, 3.05) is 0 Å². The molecule has 8 heteroatoms. The van der Waals surface area contributed by atoms with Gasteiger partial charge in [-0.05, 0) is 77.4 Å². The van der Waals surface area contributed by atoms with Gasteiger partial charge in [0.15, 0.2) is 0 Å². The van der Waals surface area contributed by atoms with Crippen molar-refractivity contribution < 1.29 is 4.57 Å². The molecule has 1 aliphatic heterocycles. The molecule has 4 aromatic carbocycles. The predicted molar refractivity (Wildman–Crippen MR) is 188 cm³/mol. The molecule has 0 amide bonds. The Hall–Kier alpha value is -3.04. The molecule has 1 saturated carbocycles. The molecular weight excluding hydrogens is 649 g/mol. The summed E-state index contributed by atoms with van der Waals surface area (Å²) in [6.45, 7) is 0. The average molecular weight is 678 g/mol. The van der Waals surface area contributed by atoms with Crippen LogP contribution in [0.15, 0.2) is 132 Å². The second-order valence-corrected chi connectivity index (χ2v) is 14.8. The highest BCUT2D eigenvalue weighted by atomic mass is 35.5. The summed E-state index contributed by atoms with van der Waals surface area (Å²) in [6.07, 6.45) is 4.90. The summed E-state index contributed by atoms with van der Waals surface area (Å²) in [7, 11) is -3.65. The van der Waals surface area contributed by atoms with E-state index in [1.165, 1.54) is 0 Å². The molecule has 1 fully saturated rings. The quantitative estimate of drug-likeness (QED) is 0.182. The van der Waals surface area contributed by atoms with E-state index in [2.05, 4.69) is 6.08 Å². The molecule has 0 N–H and O–H groups in total. The summed E-state index contributed by atoms with van der Waals surface area (Å²) < 4.78 is 17.3. The third-order valence-electron chi connectivity index (χ3n) is 7.92. The molecule has 0 bridgehead atoms. The van der Waals surface area contributed by atoms with Gasteiger partial charge in [-0.3, -0.25) is 4.57 Å². The lowest BCUT2D eigenvalue weighted by Crippen LogP contribution is -2.26. The Bertz CT molecular complexity index is 1740. The van der Waals surface area contributed by atoms with Crippen LogP contribution in [0.1, 0.15) is 47.6 Å². The molecule has 222 valence electrons. The van der Waals surface area contributed by atoms with Crippen LogP contribution in [-0.2, 0) is 4.57 Å². The molecule has 44 heavy (non-hydrogen) atoms. The zero-order valence-electron chi connectivity index (χ0n) is 23.7. The molecule has 0 radical (unpaired) electrons. The number of allylic oxidation sites excluding steroid dienone is 1. The lowest BCUT2D eigenvalue weighted by atomic mass is 9.78. The van der Waals surface area contributed by atoms with Crippen LogP contribution in [0.25, 0.3) is 16.1 Å². The summed E-state index contributed by atoms with van der Waals surface area (Å²) in [5, 5.41) is 7.25. The average Bonchev–Trinajstić information content (AvgIpc) is 3.45. The highest BCUT2D eigenvalue weighted by Crippen LogP contribution is 2.64. The van der Waals surface area contributed by atoms with Crippen LogP contribution >= 0.6 is 53.7 Å². The smallest absolute Gasteiger partial charge is 0.234 e. The van der Waals surface area contributed by atoms with Crippen molar-refractivity contribution in [2.45, 2.75) is 25.3 Å². The lowest BCUT2D eigenvalue weighted by Gasteiger charge is -2.33. The number of hydrogen-bond acceptors (Lipinski definition) is 2. The fraction of sp³-hybridized carbons (Fsp3) is 0.139. The fourth-order valence-electron chi connectivity index (χ4n) is 5.82. The van der Waals surface area contributed by atoms with Crippen molar-refractivity contribution in [2.24, 2.45) is 11.0 Å². The summed E-state index contributed by atoms with van der Waals surface area (Å²) in [5.74, 6) is 3.26. The zero-order valence-corrected chi connectivity index (χ0v) is 27.6. The van der Waals surface area contributed by atoms with E-state index in [0.717, 1.165) is 52.8 Å². The van der Waals surface area contributed by atoms with Crippen molar-refractivity contribution in [3.63, 3.8) is 0 Å². The molecule has 6 rings (SSSR count). The summed E-state index contributed by atoms with van der Waals surface area (Å²) in [6, 6.07) is 34.2. The number of nitrogens with zero attached hydrogens (tertiary/aromatic N) is 2. The summed E-state index contributed by atoms with van der Waals surface area (Å²) in [4.78, 5) is 0. The maximum atomic E-state index is 15.5. The molecule has 2 atom stereocenters. The molecule has 1 heterocycles. The van der Waals surface area contributed by atoms with Crippen LogP contribution in [0.5, 0.6) is 0 Å². The molecule has 1 aliphatic carbocycles. The predicted octanol–water partition coefficient (Wildman–Crippen LogP) is 12.3. The number of hydrazone groups is 1. The minimum atomic E-state index is -3.65. The van der Waals surface area contributed by atoms with E-state index in [0.29, 0.717) is 20.1 Å². The Balaban J connectivity index is 1.54. The highest BCUT2D eigenvalue weighted by Gasteiger charge is 2.47. The Labute approximate surface area is 278 Å². The van der Waals surface area contributed by atoms with Crippen molar-refractivity contribution in [3.8, 4) is 0 Å². The van der Waals surface area contributed by atoms with Gasteiger partial charge < -0.3 is 0 Å². The third-order valence-corrected chi connectivity index (χ3v) is 11.6. The van der Waals surface area contributed by atoms with Gasteiger partial charge in [0.25, 0.3) is 0 Å². The van der Waals surface area contributed by atoms with Gasteiger partial charge >= 0.3 is 0 Å². The normalized spacial score (nSPS) is 20.0. The van der Waals surface area contributed by atoms with E-state index >= 15 is 4.57 Å². The van der Waals surface area contributed by atoms with Crippen LogP contribution in [0, 0.1) is 5.92 Å². The van der Waals surface area contributed by atoms with Crippen molar-refractivity contribution in [1.29, 1.82) is 0 Å². The van der Waals surface area contributed by atoms with Crippen LogP contribution in [0.4, 0.5) is 0 Å². The minimum absolute atomic E-state index is 0.00426. The Morgan fingerprint density at radius 2 is 1.27 bits per heavy atom. The van der Waals surface area contributed by atoms with Crippen molar-refractivity contribution in [1.82, 2.24) is 4.78 Å². The first-order valence-electron chi connectivity index (χ1n) is 14.4. The Morgan fingerprint density at radius 1 is 0.750 bits per heavy atom. The number of rotatable bonds is 7. The zero-order chi connectivity index (χ0) is 30.7. The maximum Gasteiger partial charge on any atom is 0.234 e. The maximum absolute atomic E-state index is 15.5. The van der Waals surface area contributed by atoms with Crippen LogP contribution in [0.3, 0.4) is 0 Å². The Kier molecular flexibility index (Phi) is 9.52. The molecular formula is C36H29Cl4N2OP. The molecule has 2 unspecified atom stereocenters. The highest BCUT2D eigenvalue weighted by molar-refractivity contribution is 7.68. The van der Waals surface area contributed by atoms with Gasteiger partial charge in [-0.1, -0.05) is 131 Å². The first-order chi connectivity index (χ1) is 21.3. The van der Waals surface area contributed by atoms with Gasteiger partial charge in [-0.25, -0.2) is 4.78 Å². The second-order valence-electron chi connectivity index (χ2n) is 10.9. The first kappa shape index (κ1) is 31.0. The largest absolute Gasteiger partial charge is 0.290 e. The van der Waals surface area contributed by atoms with Gasteiger partial charge in [-0.2, -0.15) is 5.10 Å². The molecule has 0 spiro atoms. The van der Waals surface area contributed by atoms with Crippen LogP contribution < -0.4 is 0 Å². The van der Waals surface area contributed by atoms with E-state index in [4.69, 9.17) is 51.5 Å². The molecule has 0 aromatic heterocycles. The van der Waals surface area contributed by atoms with Gasteiger partial charge in [-0.15, -0.1) is 0 Å². The topological polar surface area (TPSA) is 32.7 Å². The van der Waals surface area contributed by atoms with Crippen molar-refractivity contribution in [3.05, 3.63) is 159 Å². The minimum Gasteiger partial charge on any atom is -0.290 e. The first-order valence-corrected chi connectivity index (χ1v) is 17.7. The number of hydrogen-bond donors (Lipinski definition) is 0. The van der Waals surface area contributed by atoms with Crippen molar-refractivity contribution >= 4 is 75.5 Å². The van der Waals surface area contributed by atoms with E-state index in [1.807, 2.05) is 109 Å². The van der Waals surface area contributed by atoms with E-state index in [9.17, 15) is 0 Å². The number of benzene rings is 4. The SMILES string of the molecule is O=P(/C=C(\Cl)c1ccccc1)(/C=C(\Cl)c1ccccc1)N1N=C2/C(=C/c3ccc(Cl)cc3)CCCC2C1c1ccc(Cl)cc1. The molecule has 2 aliphatic rings. The van der Waals surface area contributed by atoms with E-state index in [1.54, 1.807) is 16.4 Å². The standard InChI is InChI=1S/C36H29Cl4N2OP/c37-30-18-14-25(15-19-30)22-29-12-7-13-32-35(29)41-42(36(32)28-16-20-31(38)21-17-28)44(43,23-33(39)26-8-3-1-4-9-26)24-34(40)27-10-5-2-6-11-27/h1-6,8-11,14-24,32,36H,7,12-13H2/b29-22+,33-23-,34-24-. The molecule has 3 nitrogen and oxygen atoms in total. The van der Waals surface area contributed by atoms with E-state index < -0.39 is 7.29 Å². The number of halogens is 4. The number of fused-ring (bicyclic) bond motifs is 1. The van der Waals surface area contributed by atoms with Gasteiger partial charge in [0, 0.05) is 27.6 Å². The third kappa shape index (κ3) is 6.79. The molecule has 4 aromatic rings. The summed E-state index contributed by atoms with van der Waals surface area (Å²) in [5.41, 5.74) is 5.58. The van der Waals surface area contributed by atoms with E-state index in [-0.39, 0.29) is 12.0 Å². The second kappa shape index (κ2) is 13.5. The fourth-order valence-corrected chi connectivity index (χ4v) is 9.34. The van der Waals surface area contributed by atoms with Gasteiger partial charge in [0.05, 0.1) is 21.8 Å².